The van der Waals surface area contributed by atoms with E-state index in [1.54, 1.807) is 7.11 Å². The Morgan fingerprint density at radius 2 is 2.13 bits per heavy atom. The third kappa shape index (κ3) is 4.30. The fraction of sp³-hybridized carbons (Fsp3) is 0.818. The molecule has 0 saturated carbocycles. The first-order valence-electron chi connectivity index (χ1n) is 5.19. The van der Waals surface area contributed by atoms with E-state index in [0.717, 1.165) is 6.42 Å². The lowest BCUT2D eigenvalue weighted by Gasteiger charge is -2.27. The third-order valence-electron chi connectivity index (χ3n) is 2.35. The van der Waals surface area contributed by atoms with Crippen LogP contribution in [0.25, 0.3) is 0 Å². The lowest BCUT2D eigenvalue weighted by Crippen LogP contribution is -2.32. The quantitative estimate of drug-likeness (QED) is 0.479. The number of methoxy groups -OCH3 is 1. The predicted molar refractivity (Wildman–Crippen MR) is 56.5 cm³/mol. The predicted octanol–water partition coefficient (Wildman–Crippen LogP) is 1.70. The largest absolute Gasteiger partial charge is 0.359 e. The first-order valence-corrected chi connectivity index (χ1v) is 5.19. The van der Waals surface area contributed by atoms with Gasteiger partial charge in [0.25, 0.3) is 0 Å². The van der Waals surface area contributed by atoms with Crippen LogP contribution >= 0.6 is 0 Å². The zero-order chi connectivity index (χ0) is 11.1. The maximum Gasteiger partial charge on any atom is 0.168 e. The van der Waals surface area contributed by atoms with Gasteiger partial charge in [0.1, 0.15) is 6.79 Å². The Labute approximate surface area is 91.1 Å². The highest BCUT2D eigenvalue weighted by Gasteiger charge is 2.33. The molecule has 1 fully saturated rings. The maximum atomic E-state index is 5.52. The molecule has 0 amide bonds. The first-order chi connectivity index (χ1) is 7.20. The molecule has 1 heterocycles. The molecule has 0 aromatic rings. The molecule has 1 aliphatic heterocycles. The van der Waals surface area contributed by atoms with Crippen LogP contribution in [0.4, 0.5) is 0 Å². The van der Waals surface area contributed by atoms with Crippen molar-refractivity contribution in [2.24, 2.45) is 0 Å². The lowest BCUT2D eigenvalue weighted by molar-refractivity contribution is -0.179. The van der Waals surface area contributed by atoms with E-state index >= 15 is 0 Å². The van der Waals surface area contributed by atoms with Crippen molar-refractivity contribution < 1.29 is 18.9 Å². The summed E-state index contributed by atoms with van der Waals surface area (Å²) < 4.78 is 21.4. The highest BCUT2D eigenvalue weighted by molar-refractivity contribution is 4.79. The Balaban J connectivity index is 2.37. The SMILES string of the molecule is C=CCC(CC1(C)OCCO1)OCOC. The van der Waals surface area contributed by atoms with E-state index < -0.39 is 5.79 Å². The van der Waals surface area contributed by atoms with Crippen LogP contribution in [-0.2, 0) is 18.9 Å². The zero-order valence-electron chi connectivity index (χ0n) is 9.53. The van der Waals surface area contributed by atoms with E-state index in [2.05, 4.69) is 6.58 Å². The van der Waals surface area contributed by atoms with Gasteiger partial charge < -0.3 is 18.9 Å². The summed E-state index contributed by atoms with van der Waals surface area (Å²) in [6.45, 7) is 7.24. The van der Waals surface area contributed by atoms with Gasteiger partial charge in [0, 0.05) is 13.5 Å². The first kappa shape index (κ1) is 12.6. The molecule has 0 bridgehead atoms. The van der Waals surface area contributed by atoms with Gasteiger partial charge in [0.2, 0.25) is 0 Å². The summed E-state index contributed by atoms with van der Waals surface area (Å²) in [6, 6.07) is 0. The van der Waals surface area contributed by atoms with E-state index in [0.29, 0.717) is 19.6 Å². The van der Waals surface area contributed by atoms with Crippen LogP contribution in [-0.4, -0.2) is 39.0 Å². The Kier molecular flexibility index (Phi) is 5.25. The van der Waals surface area contributed by atoms with Gasteiger partial charge in [-0.1, -0.05) is 6.08 Å². The monoisotopic (exact) mass is 216 g/mol. The van der Waals surface area contributed by atoms with Crippen LogP contribution < -0.4 is 0 Å². The second kappa shape index (κ2) is 6.23. The summed E-state index contributed by atoms with van der Waals surface area (Å²) in [5, 5.41) is 0. The molecular weight excluding hydrogens is 196 g/mol. The smallest absolute Gasteiger partial charge is 0.168 e. The molecule has 0 aromatic carbocycles. The minimum absolute atomic E-state index is 0.0329. The Hall–Kier alpha value is -0.420. The van der Waals surface area contributed by atoms with Gasteiger partial charge in [-0.25, -0.2) is 0 Å². The average molecular weight is 216 g/mol. The van der Waals surface area contributed by atoms with Crippen LogP contribution in [0, 0.1) is 0 Å². The van der Waals surface area contributed by atoms with Crippen LogP contribution in [0.5, 0.6) is 0 Å². The van der Waals surface area contributed by atoms with Gasteiger partial charge >= 0.3 is 0 Å². The summed E-state index contributed by atoms with van der Waals surface area (Å²) in [5.74, 6) is -0.512. The second-order valence-electron chi connectivity index (χ2n) is 3.75. The van der Waals surface area contributed by atoms with Gasteiger partial charge in [0.15, 0.2) is 5.79 Å². The van der Waals surface area contributed by atoms with Crippen molar-refractivity contribution in [3.8, 4) is 0 Å². The van der Waals surface area contributed by atoms with E-state index in [1.165, 1.54) is 0 Å². The topological polar surface area (TPSA) is 36.9 Å². The maximum absolute atomic E-state index is 5.52. The second-order valence-corrected chi connectivity index (χ2v) is 3.75. The molecule has 1 saturated heterocycles. The van der Waals surface area contributed by atoms with Gasteiger partial charge in [-0.05, 0) is 13.3 Å². The number of hydrogen-bond acceptors (Lipinski definition) is 4. The third-order valence-corrected chi connectivity index (χ3v) is 2.35. The number of rotatable bonds is 7. The average Bonchev–Trinajstić information content (AvgIpc) is 2.62. The standard InChI is InChI=1S/C11H20O4/c1-4-5-10(13-9-12-3)8-11(2)14-6-7-15-11/h4,10H,1,5-9H2,2-3H3. The normalized spacial score (nSPS) is 21.5. The van der Waals surface area contributed by atoms with Crippen molar-refractivity contribution in [1.29, 1.82) is 0 Å². The van der Waals surface area contributed by atoms with Crippen molar-refractivity contribution >= 4 is 0 Å². The van der Waals surface area contributed by atoms with Crippen LogP contribution in [0.2, 0.25) is 0 Å². The summed E-state index contributed by atoms with van der Waals surface area (Å²) in [6.07, 6.45) is 3.33. The molecule has 0 radical (unpaired) electrons. The summed E-state index contributed by atoms with van der Waals surface area (Å²) in [5.41, 5.74) is 0. The van der Waals surface area contributed by atoms with E-state index in [1.807, 2.05) is 13.0 Å². The molecule has 0 aromatic heterocycles. The van der Waals surface area contributed by atoms with Crippen LogP contribution in [0.1, 0.15) is 19.8 Å². The van der Waals surface area contributed by atoms with Gasteiger partial charge in [-0.3, -0.25) is 0 Å². The molecule has 88 valence electrons. The molecule has 4 nitrogen and oxygen atoms in total. The molecule has 0 aliphatic carbocycles. The van der Waals surface area contributed by atoms with Crippen molar-refractivity contribution in [2.45, 2.75) is 31.7 Å². The van der Waals surface area contributed by atoms with Crippen LogP contribution in [0.3, 0.4) is 0 Å². The van der Waals surface area contributed by atoms with Crippen molar-refractivity contribution in [1.82, 2.24) is 0 Å². The molecule has 1 aliphatic rings. The summed E-state index contributed by atoms with van der Waals surface area (Å²) >= 11 is 0. The van der Waals surface area contributed by atoms with E-state index in [4.69, 9.17) is 18.9 Å². The van der Waals surface area contributed by atoms with Crippen molar-refractivity contribution in [3.05, 3.63) is 12.7 Å². The van der Waals surface area contributed by atoms with Gasteiger partial charge in [0.05, 0.1) is 19.3 Å². The van der Waals surface area contributed by atoms with E-state index in [9.17, 15) is 0 Å². The number of hydrogen-bond donors (Lipinski definition) is 0. The fourth-order valence-electron chi connectivity index (χ4n) is 1.65. The highest BCUT2D eigenvalue weighted by Crippen LogP contribution is 2.26. The van der Waals surface area contributed by atoms with E-state index in [-0.39, 0.29) is 12.9 Å². The molecule has 0 N–H and O–H groups in total. The molecule has 0 spiro atoms. The Bertz CT molecular complexity index is 187. The molecular formula is C11H20O4. The Morgan fingerprint density at radius 1 is 1.47 bits per heavy atom. The molecule has 1 unspecified atom stereocenters. The Morgan fingerprint density at radius 3 is 2.67 bits per heavy atom. The fourth-order valence-corrected chi connectivity index (χ4v) is 1.65. The minimum atomic E-state index is -0.512. The molecule has 4 heteroatoms. The van der Waals surface area contributed by atoms with Crippen LogP contribution in [0.15, 0.2) is 12.7 Å². The zero-order valence-corrected chi connectivity index (χ0v) is 9.53. The molecule has 1 rings (SSSR count). The van der Waals surface area contributed by atoms with Crippen molar-refractivity contribution in [2.75, 3.05) is 27.1 Å². The molecule has 15 heavy (non-hydrogen) atoms. The van der Waals surface area contributed by atoms with Gasteiger partial charge in [-0.15, -0.1) is 6.58 Å². The molecule has 1 atom stereocenters. The van der Waals surface area contributed by atoms with Gasteiger partial charge in [-0.2, -0.15) is 0 Å². The minimum Gasteiger partial charge on any atom is -0.359 e. The number of ether oxygens (including phenoxy) is 4. The summed E-state index contributed by atoms with van der Waals surface area (Å²) in [7, 11) is 1.61. The van der Waals surface area contributed by atoms with Crippen molar-refractivity contribution in [3.63, 3.8) is 0 Å². The summed E-state index contributed by atoms with van der Waals surface area (Å²) in [4.78, 5) is 0. The highest BCUT2D eigenvalue weighted by atomic mass is 16.7. The lowest BCUT2D eigenvalue weighted by atomic mass is 10.1.